The average Bonchev–Trinajstić information content (AvgIpc) is 3.07. The summed E-state index contributed by atoms with van der Waals surface area (Å²) in [4.78, 5) is 13.2. The van der Waals surface area contributed by atoms with Crippen molar-refractivity contribution >= 4 is 11.3 Å². The Balaban J connectivity index is 1.64. The molecule has 0 saturated carbocycles. The van der Waals surface area contributed by atoms with Gasteiger partial charge in [-0.05, 0) is 18.6 Å². The van der Waals surface area contributed by atoms with Gasteiger partial charge in [0.1, 0.15) is 5.82 Å². The molecule has 0 spiro atoms. The van der Waals surface area contributed by atoms with Gasteiger partial charge in [0.15, 0.2) is 5.82 Å². The minimum Gasteiger partial charge on any atom is -0.363 e. The van der Waals surface area contributed by atoms with Gasteiger partial charge in [-0.2, -0.15) is 5.10 Å². The molecule has 1 atom stereocenters. The first-order valence-corrected chi connectivity index (χ1v) is 7.73. The summed E-state index contributed by atoms with van der Waals surface area (Å²) in [6, 6.07) is 12.3. The molecule has 4 rings (SSSR count). The molecule has 118 valence electrons. The van der Waals surface area contributed by atoms with E-state index in [1.807, 2.05) is 24.3 Å². The van der Waals surface area contributed by atoms with Crippen LogP contribution in [0, 0.1) is 0 Å². The molecule has 1 aromatic carbocycles. The Hall–Kier alpha value is -3.28. The second-order valence-corrected chi connectivity index (χ2v) is 5.51. The average molecular weight is 316 g/mol. The van der Waals surface area contributed by atoms with E-state index >= 15 is 0 Å². The van der Waals surface area contributed by atoms with Crippen LogP contribution in [0.2, 0.25) is 0 Å². The fraction of sp³-hybridized carbons (Fsp3) is 0.111. The van der Waals surface area contributed by atoms with Crippen LogP contribution in [-0.2, 0) is 0 Å². The van der Waals surface area contributed by atoms with Crippen molar-refractivity contribution < 1.29 is 0 Å². The lowest BCUT2D eigenvalue weighted by molar-refractivity contribution is 0.873. The zero-order valence-electron chi connectivity index (χ0n) is 13.2. The summed E-state index contributed by atoms with van der Waals surface area (Å²) in [6.45, 7) is 2.11. The molecule has 3 heterocycles. The summed E-state index contributed by atoms with van der Waals surface area (Å²) in [7, 11) is 0. The van der Waals surface area contributed by atoms with Crippen LogP contribution in [0.3, 0.4) is 0 Å². The van der Waals surface area contributed by atoms with Crippen LogP contribution in [0.5, 0.6) is 0 Å². The van der Waals surface area contributed by atoms with Crippen molar-refractivity contribution in [2.24, 2.45) is 0 Å². The largest absolute Gasteiger partial charge is 0.363 e. The number of hydrogen-bond donors (Lipinski definition) is 1. The van der Waals surface area contributed by atoms with Crippen LogP contribution in [0.1, 0.15) is 18.5 Å². The quantitative estimate of drug-likeness (QED) is 0.625. The Morgan fingerprint density at radius 2 is 1.92 bits per heavy atom. The van der Waals surface area contributed by atoms with Crippen molar-refractivity contribution in [3.63, 3.8) is 0 Å². The van der Waals surface area contributed by atoms with Gasteiger partial charge in [-0.1, -0.05) is 30.3 Å². The van der Waals surface area contributed by atoms with Gasteiger partial charge in [-0.15, -0.1) is 0 Å². The van der Waals surface area contributed by atoms with Gasteiger partial charge in [0.2, 0.25) is 0 Å². The number of benzene rings is 1. The number of hydrogen-bond acceptors (Lipinski definition) is 5. The molecule has 1 N–H and O–H groups in total. The maximum absolute atomic E-state index is 4.63. The first-order chi connectivity index (χ1) is 11.8. The molecule has 4 aromatic rings. The van der Waals surface area contributed by atoms with E-state index in [2.05, 4.69) is 44.4 Å². The summed E-state index contributed by atoms with van der Waals surface area (Å²) in [6.07, 6.45) is 8.78. The van der Waals surface area contributed by atoms with Crippen LogP contribution in [0.4, 0.5) is 5.82 Å². The minimum atomic E-state index is 0.152. The second kappa shape index (κ2) is 6.08. The van der Waals surface area contributed by atoms with E-state index in [0.717, 1.165) is 16.9 Å². The molecule has 24 heavy (non-hydrogen) atoms. The van der Waals surface area contributed by atoms with Crippen molar-refractivity contribution in [1.29, 1.82) is 0 Å². The number of nitrogens with one attached hydrogen (secondary N) is 1. The Labute approximate surface area is 139 Å². The van der Waals surface area contributed by atoms with Crippen LogP contribution >= 0.6 is 0 Å². The monoisotopic (exact) mass is 316 g/mol. The molecule has 0 radical (unpaired) electrons. The van der Waals surface area contributed by atoms with E-state index in [4.69, 9.17) is 0 Å². The number of aromatic nitrogens is 5. The number of anilines is 1. The third kappa shape index (κ3) is 2.69. The maximum Gasteiger partial charge on any atom is 0.165 e. The van der Waals surface area contributed by atoms with Crippen molar-refractivity contribution in [3.05, 3.63) is 72.9 Å². The molecule has 0 aliphatic heterocycles. The van der Waals surface area contributed by atoms with Crippen LogP contribution in [-0.4, -0.2) is 24.6 Å². The molecule has 0 bridgehead atoms. The fourth-order valence-electron chi connectivity index (χ4n) is 2.62. The van der Waals surface area contributed by atoms with Gasteiger partial charge < -0.3 is 5.32 Å². The maximum atomic E-state index is 4.63. The lowest BCUT2D eigenvalue weighted by Gasteiger charge is -2.15. The van der Waals surface area contributed by atoms with E-state index in [-0.39, 0.29) is 6.04 Å². The van der Waals surface area contributed by atoms with E-state index in [9.17, 15) is 0 Å². The second-order valence-electron chi connectivity index (χ2n) is 5.51. The van der Waals surface area contributed by atoms with E-state index in [1.165, 1.54) is 5.56 Å². The molecule has 6 nitrogen and oxygen atoms in total. The van der Waals surface area contributed by atoms with Crippen molar-refractivity contribution in [2.45, 2.75) is 13.0 Å². The number of rotatable bonds is 4. The highest BCUT2D eigenvalue weighted by atomic mass is 15.2. The van der Waals surface area contributed by atoms with Gasteiger partial charge in [-0.3, -0.25) is 4.98 Å². The molecule has 0 aliphatic rings. The predicted molar refractivity (Wildman–Crippen MR) is 92.5 cm³/mol. The third-order valence-electron chi connectivity index (χ3n) is 3.89. The molecular formula is C18H16N6. The predicted octanol–water partition coefficient (Wildman–Crippen LogP) is 3.36. The Morgan fingerprint density at radius 1 is 1.04 bits per heavy atom. The van der Waals surface area contributed by atoms with Crippen LogP contribution < -0.4 is 5.32 Å². The normalized spacial score (nSPS) is 12.2. The smallest absolute Gasteiger partial charge is 0.165 e. The Morgan fingerprint density at radius 3 is 2.79 bits per heavy atom. The summed E-state index contributed by atoms with van der Waals surface area (Å²) in [5.41, 5.74) is 2.95. The Bertz CT molecular complexity index is 963. The lowest BCUT2D eigenvalue weighted by atomic mass is 10.1. The molecule has 3 aromatic heterocycles. The van der Waals surface area contributed by atoms with E-state index < -0.39 is 0 Å². The fourth-order valence-corrected chi connectivity index (χ4v) is 2.62. The summed E-state index contributed by atoms with van der Waals surface area (Å²) < 4.78 is 1.76. The summed E-state index contributed by atoms with van der Waals surface area (Å²) in [5, 5.41) is 7.72. The minimum absolute atomic E-state index is 0.152. The standard InChI is InChI=1S/C18H16N6/c1-13(14-5-3-2-4-6-14)22-17-7-8-20-18(23-17)15-11-21-24-10-9-19-12-16(15)24/h2-13H,1H3,(H,20,22,23). The molecule has 0 amide bonds. The molecule has 0 aliphatic carbocycles. The van der Waals surface area contributed by atoms with Gasteiger partial charge in [0.05, 0.1) is 23.5 Å². The van der Waals surface area contributed by atoms with E-state index in [0.29, 0.717) is 5.82 Å². The first-order valence-electron chi connectivity index (χ1n) is 7.73. The molecule has 0 fully saturated rings. The van der Waals surface area contributed by atoms with Gasteiger partial charge in [0, 0.05) is 24.6 Å². The highest BCUT2D eigenvalue weighted by Crippen LogP contribution is 2.23. The third-order valence-corrected chi connectivity index (χ3v) is 3.89. The van der Waals surface area contributed by atoms with Gasteiger partial charge >= 0.3 is 0 Å². The van der Waals surface area contributed by atoms with Crippen LogP contribution in [0.15, 0.2) is 67.4 Å². The van der Waals surface area contributed by atoms with Gasteiger partial charge in [-0.25, -0.2) is 14.5 Å². The number of fused-ring (bicyclic) bond motifs is 1. The van der Waals surface area contributed by atoms with E-state index in [1.54, 1.807) is 35.5 Å². The summed E-state index contributed by atoms with van der Waals surface area (Å²) in [5.74, 6) is 1.41. The topological polar surface area (TPSA) is 68.0 Å². The van der Waals surface area contributed by atoms with Crippen LogP contribution in [0.25, 0.3) is 16.9 Å². The molecule has 1 unspecified atom stereocenters. The molecular weight excluding hydrogens is 300 g/mol. The van der Waals surface area contributed by atoms with Gasteiger partial charge in [0.25, 0.3) is 0 Å². The first kappa shape index (κ1) is 14.3. The van der Waals surface area contributed by atoms with Crippen molar-refractivity contribution in [3.8, 4) is 11.4 Å². The zero-order valence-corrected chi connectivity index (χ0v) is 13.2. The lowest BCUT2D eigenvalue weighted by Crippen LogP contribution is -2.08. The highest BCUT2D eigenvalue weighted by Gasteiger charge is 2.11. The summed E-state index contributed by atoms with van der Waals surface area (Å²) >= 11 is 0. The number of nitrogens with zero attached hydrogens (tertiary/aromatic N) is 5. The SMILES string of the molecule is CC(Nc1ccnc(-c2cnn3ccncc23)n1)c1ccccc1. The highest BCUT2D eigenvalue weighted by molar-refractivity contribution is 5.75. The molecule has 6 heteroatoms. The van der Waals surface area contributed by atoms with Crippen molar-refractivity contribution in [1.82, 2.24) is 24.6 Å². The zero-order chi connectivity index (χ0) is 16.4. The Kier molecular flexibility index (Phi) is 3.63. The van der Waals surface area contributed by atoms with Crippen molar-refractivity contribution in [2.75, 3.05) is 5.32 Å². The molecule has 0 saturated heterocycles.